The number of nitrogens with one attached hydrogen (secondary N) is 2. The number of carbonyl (C=O) groups is 1. The molecule has 0 aliphatic heterocycles. The fourth-order valence-corrected chi connectivity index (χ4v) is 3.11. The van der Waals surface area contributed by atoms with Gasteiger partial charge in [0.1, 0.15) is 0 Å². The van der Waals surface area contributed by atoms with Crippen molar-refractivity contribution < 1.29 is 13.2 Å². The van der Waals surface area contributed by atoms with E-state index in [1.165, 1.54) is 24.3 Å². The number of anilines is 2. The number of carbonyl (C=O) groups excluding carboxylic acids is 1. The monoisotopic (exact) mass is 361 g/mol. The number of rotatable bonds is 5. The fraction of sp³-hybridized carbons (Fsp3) is 0.278. The highest BCUT2D eigenvalue weighted by Gasteiger charge is 2.27. The van der Waals surface area contributed by atoms with Crippen molar-refractivity contribution in [2.75, 3.05) is 10.0 Å². The standard InChI is InChI=1S/C18H23N3O3S/c1-18(2,3)16(19)17(22)20-13-9-11-15(12-10-13)25(23,24)21-14-7-5-4-6-8-14/h4-12,16,21H,19H2,1-3H3,(H,20,22)/t16-/m1/s1. The first kappa shape index (κ1) is 19.0. The quantitative estimate of drug-likeness (QED) is 0.762. The van der Waals surface area contributed by atoms with E-state index in [0.717, 1.165) is 0 Å². The molecule has 0 fully saturated rings. The molecule has 0 aromatic heterocycles. The SMILES string of the molecule is CC(C)(C)[C@H](N)C(=O)Nc1ccc(S(=O)(=O)Nc2ccccc2)cc1. The van der Waals surface area contributed by atoms with Crippen LogP contribution in [0.25, 0.3) is 0 Å². The summed E-state index contributed by atoms with van der Waals surface area (Å²) < 4.78 is 27.2. The van der Waals surface area contributed by atoms with E-state index in [0.29, 0.717) is 11.4 Å². The summed E-state index contributed by atoms with van der Waals surface area (Å²) in [6.45, 7) is 5.63. The van der Waals surface area contributed by atoms with Gasteiger partial charge in [0.25, 0.3) is 10.0 Å². The van der Waals surface area contributed by atoms with Crippen LogP contribution < -0.4 is 15.8 Å². The van der Waals surface area contributed by atoms with Crippen LogP contribution >= 0.6 is 0 Å². The molecule has 1 amide bonds. The Morgan fingerprint density at radius 3 is 2.04 bits per heavy atom. The van der Waals surface area contributed by atoms with Crippen LogP contribution in [0.4, 0.5) is 11.4 Å². The van der Waals surface area contributed by atoms with Crippen molar-refractivity contribution in [2.24, 2.45) is 11.1 Å². The Morgan fingerprint density at radius 1 is 0.960 bits per heavy atom. The zero-order chi connectivity index (χ0) is 18.7. The predicted molar refractivity (Wildman–Crippen MR) is 99.8 cm³/mol. The van der Waals surface area contributed by atoms with Crippen LogP contribution in [0.3, 0.4) is 0 Å². The van der Waals surface area contributed by atoms with Crippen molar-refractivity contribution in [3.05, 3.63) is 54.6 Å². The third kappa shape index (κ3) is 5.04. The molecule has 0 aliphatic rings. The molecule has 0 heterocycles. The van der Waals surface area contributed by atoms with E-state index >= 15 is 0 Å². The molecular weight excluding hydrogens is 338 g/mol. The fourth-order valence-electron chi connectivity index (χ4n) is 2.05. The maximum atomic E-state index is 12.4. The maximum absolute atomic E-state index is 12.4. The topological polar surface area (TPSA) is 101 Å². The maximum Gasteiger partial charge on any atom is 0.261 e. The Hall–Kier alpha value is -2.38. The van der Waals surface area contributed by atoms with Crippen LogP contribution in [-0.2, 0) is 14.8 Å². The summed E-state index contributed by atoms with van der Waals surface area (Å²) in [7, 11) is -3.69. The number of hydrogen-bond acceptors (Lipinski definition) is 4. The van der Waals surface area contributed by atoms with E-state index in [2.05, 4.69) is 10.0 Å². The van der Waals surface area contributed by atoms with Crippen LogP contribution in [0.2, 0.25) is 0 Å². The van der Waals surface area contributed by atoms with Crippen LogP contribution in [0.15, 0.2) is 59.5 Å². The summed E-state index contributed by atoms with van der Waals surface area (Å²) in [6, 6.07) is 13.9. The molecule has 0 radical (unpaired) electrons. The van der Waals surface area contributed by atoms with Crippen molar-refractivity contribution in [3.63, 3.8) is 0 Å². The molecule has 1 atom stereocenters. The Balaban J connectivity index is 2.10. The third-order valence-electron chi connectivity index (χ3n) is 3.67. The van der Waals surface area contributed by atoms with Crippen molar-refractivity contribution in [3.8, 4) is 0 Å². The molecule has 2 aromatic carbocycles. The lowest BCUT2D eigenvalue weighted by molar-refractivity contribution is -0.119. The number of para-hydroxylation sites is 1. The lowest BCUT2D eigenvalue weighted by Crippen LogP contribution is -2.45. The second-order valence-corrected chi connectivity index (χ2v) is 8.51. The molecule has 0 aliphatic carbocycles. The molecule has 4 N–H and O–H groups in total. The molecule has 2 rings (SSSR count). The lowest BCUT2D eigenvalue weighted by Gasteiger charge is -2.25. The van der Waals surface area contributed by atoms with Crippen molar-refractivity contribution in [2.45, 2.75) is 31.7 Å². The summed E-state index contributed by atoms with van der Waals surface area (Å²) in [6.07, 6.45) is 0. The second kappa shape index (κ2) is 7.25. The van der Waals surface area contributed by atoms with Crippen molar-refractivity contribution in [1.82, 2.24) is 0 Å². The van der Waals surface area contributed by atoms with Crippen LogP contribution in [-0.4, -0.2) is 20.4 Å². The summed E-state index contributed by atoms with van der Waals surface area (Å²) >= 11 is 0. The van der Waals surface area contributed by atoms with Gasteiger partial charge in [0, 0.05) is 11.4 Å². The van der Waals surface area contributed by atoms with Gasteiger partial charge in [-0.1, -0.05) is 39.0 Å². The third-order valence-corrected chi connectivity index (χ3v) is 5.07. The van der Waals surface area contributed by atoms with Gasteiger partial charge >= 0.3 is 0 Å². The number of amides is 1. The normalized spacial score (nSPS) is 13.1. The number of sulfonamides is 1. The molecule has 25 heavy (non-hydrogen) atoms. The highest BCUT2D eigenvalue weighted by atomic mass is 32.2. The van der Waals surface area contributed by atoms with Gasteiger partial charge in [-0.05, 0) is 41.8 Å². The lowest BCUT2D eigenvalue weighted by atomic mass is 9.87. The smallest absolute Gasteiger partial charge is 0.261 e. The predicted octanol–water partition coefficient (Wildman–Crippen LogP) is 2.80. The molecule has 134 valence electrons. The minimum absolute atomic E-state index is 0.106. The van der Waals surface area contributed by atoms with Crippen LogP contribution in [0.1, 0.15) is 20.8 Å². The second-order valence-electron chi connectivity index (χ2n) is 6.83. The average Bonchev–Trinajstić information content (AvgIpc) is 2.54. The number of benzene rings is 2. The Morgan fingerprint density at radius 2 is 1.52 bits per heavy atom. The van der Waals surface area contributed by atoms with E-state index in [1.807, 2.05) is 20.8 Å². The Kier molecular flexibility index (Phi) is 5.49. The summed E-state index contributed by atoms with van der Waals surface area (Å²) in [4.78, 5) is 12.2. The van der Waals surface area contributed by atoms with Gasteiger partial charge in [-0.15, -0.1) is 0 Å². The van der Waals surface area contributed by atoms with Crippen LogP contribution in [0.5, 0.6) is 0 Å². The van der Waals surface area contributed by atoms with Gasteiger partial charge in [0.05, 0.1) is 10.9 Å². The molecule has 0 saturated heterocycles. The van der Waals surface area contributed by atoms with Gasteiger partial charge in [0.2, 0.25) is 5.91 Å². The van der Waals surface area contributed by atoms with Gasteiger partial charge in [-0.2, -0.15) is 0 Å². The average molecular weight is 361 g/mol. The Labute approximate surface area is 148 Å². The summed E-state index contributed by atoms with van der Waals surface area (Å²) in [5.41, 5.74) is 6.51. The van der Waals surface area contributed by atoms with Crippen molar-refractivity contribution >= 4 is 27.3 Å². The number of hydrogen-bond donors (Lipinski definition) is 3. The zero-order valence-electron chi connectivity index (χ0n) is 14.5. The Bertz CT molecular complexity index is 826. The highest BCUT2D eigenvalue weighted by Crippen LogP contribution is 2.21. The molecule has 2 aromatic rings. The van der Waals surface area contributed by atoms with E-state index in [4.69, 9.17) is 5.73 Å². The van der Waals surface area contributed by atoms with E-state index in [9.17, 15) is 13.2 Å². The van der Waals surface area contributed by atoms with E-state index in [-0.39, 0.29) is 16.2 Å². The molecule has 0 spiro atoms. The minimum Gasteiger partial charge on any atom is -0.325 e. The first-order valence-corrected chi connectivity index (χ1v) is 9.32. The van der Waals surface area contributed by atoms with Crippen LogP contribution in [0, 0.1) is 5.41 Å². The number of nitrogens with two attached hydrogens (primary N) is 1. The highest BCUT2D eigenvalue weighted by molar-refractivity contribution is 7.92. The van der Waals surface area contributed by atoms with E-state index in [1.54, 1.807) is 30.3 Å². The van der Waals surface area contributed by atoms with Gasteiger partial charge in [-0.3, -0.25) is 9.52 Å². The molecule has 0 unspecified atom stereocenters. The zero-order valence-corrected chi connectivity index (χ0v) is 15.3. The molecule has 6 nitrogen and oxygen atoms in total. The van der Waals surface area contributed by atoms with Gasteiger partial charge in [0.15, 0.2) is 0 Å². The minimum atomic E-state index is -3.69. The summed E-state index contributed by atoms with van der Waals surface area (Å²) in [5.74, 6) is -0.314. The molecule has 7 heteroatoms. The van der Waals surface area contributed by atoms with Crippen molar-refractivity contribution in [1.29, 1.82) is 0 Å². The van der Waals surface area contributed by atoms with Gasteiger partial charge < -0.3 is 11.1 Å². The van der Waals surface area contributed by atoms with Gasteiger partial charge in [-0.25, -0.2) is 8.42 Å². The first-order valence-electron chi connectivity index (χ1n) is 7.84. The molecule has 0 bridgehead atoms. The summed E-state index contributed by atoms with van der Waals surface area (Å²) in [5, 5.41) is 2.70. The largest absolute Gasteiger partial charge is 0.325 e. The molecule has 0 saturated carbocycles. The molecular formula is C18H23N3O3S. The first-order chi connectivity index (χ1) is 11.6. The van der Waals surface area contributed by atoms with E-state index < -0.39 is 16.1 Å².